The predicted molar refractivity (Wildman–Crippen MR) is 122 cm³/mol. The number of para-hydroxylation sites is 2. The number of nitrogens with zero attached hydrogens (tertiary/aromatic N) is 3. The number of anilines is 3. The summed E-state index contributed by atoms with van der Waals surface area (Å²) in [5.74, 6) is 2.07. The number of aliphatic hydroxyl groups excluding tert-OH is 1. The van der Waals surface area contributed by atoms with Crippen molar-refractivity contribution >= 4 is 17.5 Å². The van der Waals surface area contributed by atoms with E-state index < -0.39 is 0 Å². The Balaban J connectivity index is 1.39. The van der Waals surface area contributed by atoms with Gasteiger partial charge in [0.05, 0.1) is 31.2 Å². The van der Waals surface area contributed by atoms with Crippen LogP contribution in [0.1, 0.15) is 25.3 Å². The van der Waals surface area contributed by atoms with E-state index in [4.69, 9.17) is 14.5 Å². The molecule has 0 bridgehead atoms. The second-order valence-corrected chi connectivity index (χ2v) is 8.51. The third-order valence-corrected chi connectivity index (χ3v) is 6.08. The van der Waals surface area contributed by atoms with Gasteiger partial charge in [-0.05, 0) is 24.3 Å². The van der Waals surface area contributed by atoms with Crippen LogP contribution in [0.15, 0.2) is 48.8 Å². The van der Waals surface area contributed by atoms with Gasteiger partial charge >= 0.3 is 0 Å². The van der Waals surface area contributed by atoms with E-state index in [0.29, 0.717) is 12.5 Å². The van der Waals surface area contributed by atoms with Crippen LogP contribution in [0.3, 0.4) is 0 Å². The quantitative estimate of drug-likeness (QED) is 0.543. The number of aromatic nitrogens is 3. The monoisotopic (exact) mass is 433 g/mol. The van der Waals surface area contributed by atoms with Gasteiger partial charge in [-0.3, -0.25) is 0 Å². The molecular weight excluding hydrogens is 406 g/mol. The molecule has 3 aromatic rings. The highest BCUT2D eigenvalue weighted by Gasteiger charge is 2.35. The largest absolute Gasteiger partial charge is 0.488 e. The van der Waals surface area contributed by atoms with Crippen molar-refractivity contribution in [3.8, 4) is 17.0 Å². The fourth-order valence-electron chi connectivity index (χ4n) is 4.07. The number of nitrogens with one attached hydrogen (secondary N) is 2. The molecule has 0 saturated carbocycles. The molecule has 8 nitrogen and oxygen atoms in total. The van der Waals surface area contributed by atoms with Crippen LogP contribution >= 0.6 is 0 Å². The van der Waals surface area contributed by atoms with Crippen molar-refractivity contribution in [1.82, 2.24) is 15.0 Å². The second-order valence-electron chi connectivity index (χ2n) is 8.51. The van der Waals surface area contributed by atoms with Gasteiger partial charge in [0.2, 0.25) is 5.95 Å². The van der Waals surface area contributed by atoms with E-state index in [1.165, 1.54) is 0 Å². The highest BCUT2D eigenvalue weighted by molar-refractivity contribution is 5.68. The number of pyridine rings is 1. The minimum absolute atomic E-state index is 0.0542. The lowest BCUT2D eigenvalue weighted by Gasteiger charge is -2.24. The van der Waals surface area contributed by atoms with E-state index in [0.717, 1.165) is 60.1 Å². The number of aliphatic hydroxyl groups is 1. The molecule has 2 aliphatic heterocycles. The van der Waals surface area contributed by atoms with Gasteiger partial charge in [-0.2, -0.15) is 0 Å². The molecule has 1 unspecified atom stereocenters. The molecule has 8 heteroatoms. The molecule has 0 aliphatic carbocycles. The molecule has 1 fully saturated rings. The Morgan fingerprint density at radius 3 is 2.91 bits per heavy atom. The van der Waals surface area contributed by atoms with Gasteiger partial charge in [0.15, 0.2) is 0 Å². The molecule has 0 spiro atoms. The van der Waals surface area contributed by atoms with Gasteiger partial charge in [-0.15, -0.1) is 0 Å². The third-order valence-electron chi connectivity index (χ3n) is 6.08. The average Bonchev–Trinajstić information content (AvgIpc) is 3.18. The zero-order valence-electron chi connectivity index (χ0n) is 18.0. The highest BCUT2D eigenvalue weighted by Crippen LogP contribution is 2.37. The summed E-state index contributed by atoms with van der Waals surface area (Å²) >= 11 is 0. The smallest absolute Gasteiger partial charge is 0.227 e. The van der Waals surface area contributed by atoms with Crippen LogP contribution in [0.25, 0.3) is 11.3 Å². The van der Waals surface area contributed by atoms with Gasteiger partial charge < -0.3 is 25.2 Å². The molecule has 1 aromatic carbocycles. The molecule has 3 N–H and O–H groups in total. The third kappa shape index (κ3) is 4.11. The van der Waals surface area contributed by atoms with Gasteiger partial charge in [-0.25, -0.2) is 15.0 Å². The molecule has 32 heavy (non-hydrogen) atoms. The Morgan fingerprint density at radius 2 is 2.06 bits per heavy atom. The summed E-state index contributed by atoms with van der Waals surface area (Å²) in [4.78, 5) is 13.6. The average molecular weight is 434 g/mol. The molecule has 1 atom stereocenters. The molecule has 1 saturated heterocycles. The number of rotatable bonds is 6. The van der Waals surface area contributed by atoms with E-state index >= 15 is 0 Å². The minimum Gasteiger partial charge on any atom is -0.488 e. The number of benzene rings is 1. The number of hydrogen-bond acceptors (Lipinski definition) is 8. The molecular formula is C24H27N5O3. The Hall–Kier alpha value is -3.23. The Kier molecular flexibility index (Phi) is 5.63. The standard InChI is InChI=1S/C24H27N5O3/c1-24(15-30)14-27-22-18(24)12-16(13-26-22)19-6-9-25-23(28-19)29-20-4-2-3-5-21(20)32-17-7-10-31-11-8-17/h2-6,9,12-13,17,30H,7-8,10-11,14-15H2,1H3,(H,26,27)(H,25,28,29). The van der Waals surface area contributed by atoms with E-state index in [2.05, 4.69) is 20.6 Å². The lowest BCUT2D eigenvalue weighted by molar-refractivity contribution is 0.0258. The summed E-state index contributed by atoms with van der Waals surface area (Å²) in [7, 11) is 0. The first kappa shape index (κ1) is 20.7. The lowest BCUT2D eigenvalue weighted by Crippen LogP contribution is -2.28. The van der Waals surface area contributed by atoms with E-state index in [1.54, 1.807) is 12.4 Å². The van der Waals surface area contributed by atoms with Crippen LogP contribution in [-0.2, 0) is 10.2 Å². The van der Waals surface area contributed by atoms with Crippen molar-refractivity contribution in [2.45, 2.75) is 31.3 Å². The summed E-state index contributed by atoms with van der Waals surface area (Å²) in [5.41, 5.74) is 3.10. The van der Waals surface area contributed by atoms with Crippen LogP contribution in [-0.4, -0.2) is 52.5 Å². The number of fused-ring (bicyclic) bond motifs is 1. The lowest BCUT2D eigenvalue weighted by atomic mass is 9.85. The number of hydrogen-bond donors (Lipinski definition) is 3. The van der Waals surface area contributed by atoms with Crippen molar-refractivity contribution in [3.63, 3.8) is 0 Å². The molecule has 166 valence electrons. The summed E-state index contributed by atoms with van der Waals surface area (Å²) in [6.45, 7) is 4.20. The van der Waals surface area contributed by atoms with Crippen LogP contribution in [0, 0.1) is 0 Å². The first-order valence-electron chi connectivity index (χ1n) is 10.9. The summed E-state index contributed by atoms with van der Waals surface area (Å²) in [6, 6.07) is 11.7. The van der Waals surface area contributed by atoms with Crippen LogP contribution in [0.2, 0.25) is 0 Å². The second kappa shape index (κ2) is 8.72. The normalized spacial score (nSPS) is 20.4. The maximum atomic E-state index is 9.86. The number of ether oxygens (including phenoxy) is 2. The summed E-state index contributed by atoms with van der Waals surface area (Å²) < 4.78 is 11.6. The first-order valence-corrected chi connectivity index (χ1v) is 10.9. The fourth-order valence-corrected chi connectivity index (χ4v) is 4.07. The van der Waals surface area contributed by atoms with Crippen molar-refractivity contribution in [2.24, 2.45) is 0 Å². The SMILES string of the molecule is CC1(CO)CNc2ncc(-c3ccnc(Nc4ccccc4OC4CCOCC4)n3)cc21. The highest BCUT2D eigenvalue weighted by atomic mass is 16.5. The van der Waals surface area contributed by atoms with E-state index in [9.17, 15) is 5.11 Å². The van der Waals surface area contributed by atoms with E-state index in [-0.39, 0.29) is 18.1 Å². The Morgan fingerprint density at radius 1 is 1.22 bits per heavy atom. The van der Waals surface area contributed by atoms with Crippen molar-refractivity contribution in [2.75, 3.05) is 37.0 Å². The molecule has 2 aliphatic rings. The van der Waals surface area contributed by atoms with Gasteiger partial charge in [0.1, 0.15) is 17.7 Å². The first-order chi connectivity index (χ1) is 15.6. The molecule has 4 heterocycles. The maximum absolute atomic E-state index is 9.86. The zero-order chi connectivity index (χ0) is 22.0. The molecule has 2 aromatic heterocycles. The predicted octanol–water partition coefficient (Wildman–Crippen LogP) is 3.52. The van der Waals surface area contributed by atoms with Gasteiger partial charge in [0, 0.05) is 48.3 Å². The minimum atomic E-state index is -0.354. The van der Waals surface area contributed by atoms with Crippen molar-refractivity contribution in [1.29, 1.82) is 0 Å². The van der Waals surface area contributed by atoms with Gasteiger partial charge in [-0.1, -0.05) is 19.1 Å². The van der Waals surface area contributed by atoms with Crippen LogP contribution in [0.5, 0.6) is 5.75 Å². The summed E-state index contributed by atoms with van der Waals surface area (Å²) in [6.07, 6.45) is 5.43. The van der Waals surface area contributed by atoms with Gasteiger partial charge in [0.25, 0.3) is 0 Å². The Labute approximate surface area is 187 Å². The van der Waals surface area contributed by atoms with Crippen molar-refractivity contribution < 1.29 is 14.6 Å². The van der Waals surface area contributed by atoms with E-state index in [1.807, 2.05) is 43.3 Å². The summed E-state index contributed by atoms with van der Waals surface area (Å²) in [5, 5.41) is 16.4. The molecule has 5 rings (SSSR count). The maximum Gasteiger partial charge on any atom is 0.227 e. The zero-order valence-corrected chi connectivity index (χ0v) is 18.0. The topological polar surface area (TPSA) is 101 Å². The van der Waals surface area contributed by atoms with Crippen LogP contribution < -0.4 is 15.4 Å². The van der Waals surface area contributed by atoms with Crippen LogP contribution in [0.4, 0.5) is 17.5 Å². The Bertz CT molecular complexity index is 1100. The molecule has 0 amide bonds. The van der Waals surface area contributed by atoms with Crippen molar-refractivity contribution in [3.05, 3.63) is 54.4 Å². The fraction of sp³-hybridized carbons (Fsp3) is 0.375. The molecule has 0 radical (unpaired) electrons.